The van der Waals surface area contributed by atoms with Crippen LogP contribution in [0, 0.1) is 6.92 Å². The van der Waals surface area contributed by atoms with E-state index in [0.717, 1.165) is 82.1 Å². The molecular formula is C28H29N7O2S. The van der Waals surface area contributed by atoms with E-state index in [1.807, 2.05) is 36.5 Å². The van der Waals surface area contributed by atoms with Gasteiger partial charge in [-0.25, -0.2) is 9.97 Å². The van der Waals surface area contributed by atoms with Crippen LogP contribution in [0.25, 0.3) is 33.3 Å². The Morgan fingerprint density at radius 1 is 1.05 bits per heavy atom. The Kier molecular flexibility index (Phi) is 5.85. The Labute approximate surface area is 224 Å². The highest BCUT2D eigenvalue weighted by Crippen LogP contribution is 2.35. The monoisotopic (exact) mass is 527 g/mol. The van der Waals surface area contributed by atoms with Crippen molar-refractivity contribution in [3.05, 3.63) is 58.7 Å². The fourth-order valence-corrected chi connectivity index (χ4v) is 6.44. The van der Waals surface area contributed by atoms with Crippen LogP contribution in [0.4, 0.5) is 5.95 Å². The van der Waals surface area contributed by atoms with Crippen LogP contribution in [0.15, 0.2) is 48.9 Å². The van der Waals surface area contributed by atoms with Gasteiger partial charge in [-0.1, -0.05) is 12.1 Å². The third kappa shape index (κ3) is 4.04. The minimum absolute atomic E-state index is 0.135. The largest absolute Gasteiger partial charge is 0.378 e. The summed E-state index contributed by atoms with van der Waals surface area (Å²) in [4.78, 5) is 37.5. The molecule has 0 aliphatic carbocycles. The number of carbonyl (C=O) groups excluding carboxylic acids is 1. The number of ether oxygens (including phenoxy) is 1. The molecule has 0 atom stereocenters. The molecule has 1 amide bonds. The molecule has 1 N–H and O–H groups in total. The van der Waals surface area contributed by atoms with Crippen molar-refractivity contribution >= 4 is 45.3 Å². The number of aromatic nitrogens is 5. The van der Waals surface area contributed by atoms with Crippen molar-refractivity contribution in [3.8, 4) is 11.3 Å². The molecule has 4 aromatic heterocycles. The van der Waals surface area contributed by atoms with E-state index in [9.17, 15) is 4.79 Å². The summed E-state index contributed by atoms with van der Waals surface area (Å²) in [5, 5.41) is 1.12. The zero-order valence-electron chi connectivity index (χ0n) is 21.3. The van der Waals surface area contributed by atoms with E-state index in [0.29, 0.717) is 19.2 Å². The van der Waals surface area contributed by atoms with E-state index >= 15 is 0 Å². The number of H-pyrrole nitrogens is 1. The molecular weight excluding hydrogens is 498 g/mol. The van der Waals surface area contributed by atoms with Crippen molar-refractivity contribution in [2.75, 3.05) is 44.3 Å². The van der Waals surface area contributed by atoms with Crippen LogP contribution < -0.4 is 4.90 Å². The minimum atomic E-state index is 0.135. The van der Waals surface area contributed by atoms with Crippen molar-refractivity contribution in [3.63, 3.8) is 0 Å². The van der Waals surface area contributed by atoms with Gasteiger partial charge in [0.15, 0.2) is 5.65 Å². The van der Waals surface area contributed by atoms with Crippen LogP contribution in [0.1, 0.15) is 33.4 Å². The summed E-state index contributed by atoms with van der Waals surface area (Å²) in [6.45, 7) is 6.33. The number of piperidine rings is 1. The highest BCUT2D eigenvalue weighted by Gasteiger charge is 2.28. The van der Waals surface area contributed by atoms with Crippen molar-refractivity contribution in [1.82, 2.24) is 29.4 Å². The lowest BCUT2D eigenvalue weighted by atomic mass is 10.0. The molecule has 2 saturated heterocycles. The predicted molar refractivity (Wildman–Crippen MR) is 149 cm³/mol. The molecule has 10 heteroatoms. The van der Waals surface area contributed by atoms with Gasteiger partial charge in [0.1, 0.15) is 11.2 Å². The first kappa shape index (κ1) is 23.4. The van der Waals surface area contributed by atoms with Gasteiger partial charge in [0.25, 0.3) is 5.91 Å². The lowest BCUT2D eigenvalue weighted by Gasteiger charge is -2.32. The number of benzene rings is 1. The molecule has 2 fully saturated rings. The number of carbonyl (C=O) groups is 1. The van der Waals surface area contributed by atoms with Gasteiger partial charge in [-0.15, -0.1) is 11.3 Å². The minimum Gasteiger partial charge on any atom is -0.378 e. The first-order chi connectivity index (χ1) is 18.7. The maximum absolute atomic E-state index is 13.0. The Hall–Kier alpha value is -3.76. The number of imidazole rings is 1. The number of thiophene rings is 1. The van der Waals surface area contributed by atoms with Gasteiger partial charge in [-0.3, -0.25) is 4.79 Å². The van der Waals surface area contributed by atoms with Crippen molar-refractivity contribution in [1.29, 1.82) is 0 Å². The second kappa shape index (κ2) is 9.52. The van der Waals surface area contributed by atoms with Gasteiger partial charge in [-0.2, -0.15) is 4.98 Å². The Morgan fingerprint density at radius 2 is 1.89 bits per heavy atom. The zero-order chi connectivity index (χ0) is 25.6. The van der Waals surface area contributed by atoms with E-state index in [1.54, 1.807) is 11.3 Å². The number of hydrogen-bond donors (Lipinski definition) is 1. The van der Waals surface area contributed by atoms with Gasteiger partial charge in [-0.05, 0) is 44.0 Å². The van der Waals surface area contributed by atoms with E-state index in [1.165, 1.54) is 0 Å². The summed E-state index contributed by atoms with van der Waals surface area (Å²) < 4.78 is 7.79. The van der Waals surface area contributed by atoms with Crippen LogP contribution in [-0.2, 0) is 4.74 Å². The summed E-state index contributed by atoms with van der Waals surface area (Å²) >= 11 is 1.57. The fraction of sp³-hybridized carbons (Fsp3) is 0.357. The summed E-state index contributed by atoms with van der Waals surface area (Å²) in [5.41, 5.74) is 4.62. The topological polar surface area (TPSA) is 92.2 Å². The number of hydrogen-bond acceptors (Lipinski definition) is 7. The third-order valence-corrected chi connectivity index (χ3v) is 8.64. The Morgan fingerprint density at radius 3 is 2.68 bits per heavy atom. The second-order valence-electron chi connectivity index (χ2n) is 9.97. The smallest absolute Gasteiger partial charge is 0.263 e. The van der Waals surface area contributed by atoms with Crippen molar-refractivity contribution in [2.45, 2.75) is 25.8 Å². The number of likely N-dealkylation sites (tertiary alicyclic amines) is 1. The quantitative estimate of drug-likeness (QED) is 0.366. The Bertz CT molecular complexity index is 1620. The molecule has 7 rings (SSSR count). The molecule has 0 saturated carbocycles. The molecule has 0 radical (unpaired) electrons. The van der Waals surface area contributed by atoms with E-state index in [2.05, 4.69) is 38.7 Å². The van der Waals surface area contributed by atoms with E-state index in [-0.39, 0.29) is 11.9 Å². The molecule has 2 aliphatic rings. The maximum atomic E-state index is 13.0. The number of nitrogens with zero attached hydrogens (tertiary/aromatic N) is 6. The normalized spacial score (nSPS) is 17.1. The summed E-state index contributed by atoms with van der Waals surface area (Å²) in [6.07, 6.45) is 5.59. The Balaban J connectivity index is 1.25. The summed E-state index contributed by atoms with van der Waals surface area (Å²) in [6, 6.07) is 12.5. The van der Waals surface area contributed by atoms with Crippen LogP contribution in [0.5, 0.6) is 0 Å². The lowest BCUT2D eigenvalue weighted by molar-refractivity contribution is 0.0700. The molecule has 0 spiro atoms. The number of aryl methyl sites for hydroxylation is 1. The first-order valence-corrected chi connectivity index (χ1v) is 14.0. The number of amides is 1. The third-order valence-electron chi connectivity index (χ3n) is 7.65. The number of aromatic amines is 1. The molecule has 6 heterocycles. The maximum Gasteiger partial charge on any atom is 0.263 e. The molecule has 1 aromatic carbocycles. The standard InChI is InChI=1S/C28H29N7O2S/c1-18-5-6-23(38-18)27(36)33-11-8-19(9-12-33)35-17-30-25-24(21-3-2-4-22-20(21)7-10-29-22)31-28(32-26(25)35)34-13-15-37-16-14-34/h2-7,10,17,19,29H,8-9,11-16H2,1H3. The number of anilines is 1. The molecule has 38 heavy (non-hydrogen) atoms. The molecule has 194 valence electrons. The number of morpholine rings is 1. The highest BCUT2D eigenvalue weighted by molar-refractivity contribution is 7.13. The molecule has 0 unspecified atom stereocenters. The molecule has 0 bridgehead atoms. The van der Waals surface area contributed by atoms with E-state index in [4.69, 9.17) is 19.7 Å². The number of fused-ring (bicyclic) bond motifs is 2. The van der Waals surface area contributed by atoms with Gasteiger partial charge >= 0.3 is 0 Å². The summed E-state index contributed by atoms with van der Waals surface area (Å²) in [5.74, 6) is 0.849. The SMILES string of the molecule is Cc1ccc(C(=O)N2CCC(n3cnc4c(-c5cccc6[nH]ccc56)nc(N5CCOCC5)nc43)CC2)s1. The van der Waals surface area contributed by atoms with Crippen molar-refractivity contribution < 1.29 is 9.53 Å². The second-order valence-corrected chi connectivity index (χ2v) is 11.3. The zero-order valence-corrected chi connectivity index (χ0v) is 22.1. The van der Waals surface area contributed by atoms with E-state index < -0.39 is 0 Å². The van der Waals surface area contributed by atoms with Gasteiger partial charge in [0, 0.05) is 59.8 Å². The molecule has 5 aromatic rings. The van der Waals surface area contributed by atoms with Crippen LogP contribution in [0.3, 0.4) is 0 Å². The highest BCUT2D eigenvalue weighted by atomic mass is 32.1. The van der Waals surface area contributed by atoms with Crippen LogP contribution >= 0.6 is 11.3 Å². The summed E-state index contributed by atoms with van der Waals surface area (Å²) in [7, 11) is 0. The first-order valence-electron chi connectivity index (χ1n) is 13.1. The average molecular weight is 528 g/mol. The average Bonchev–Trinajstić information content (AvgIpc) is 3.72. The van der Waals surface area contributed by atoms with Crippen molar-refractivity contribution in [2.24, 2.45) is 0 Å². The van der Waals surface area contributed by atoms with Gasteiger partial charge in [0.05, 0.1) is 24.4 Å². The van der Waals surface area contributed by atoms with Crippen LogP contribution in [0.2, 0.25) is 0 Å². The molecule has 2 aliphatic heterocycles. The lowest BCUT2D eigenvalue weighted by Crippen LogP contribution is -2.39. The van der Waals surface area contributed by atoms with Crippen LogP contribution in [-0.4, -0.2) is 74.7 Å². The number of rotatable bonds is 4. The predicted octanol–water partition coefficient (Wildman–Crippen LogP) is 4.66. The number of nitrogens with one attached hydrogen (secondary N) is 1. The van der Waals surface area contributed by atoms with Gasteiger partial charge in [0.2, 0.25) is 5.95 Å². The fourth-order valence-electron chi connectivity index (χ4n) is 5.61. The molecule has 9 nitrogen and oxygen atoms in total. The van der Waals surface area contributed by atoms with Gasteiger partial charge < -0.3 is 24.1 Å².